The summed E-state index contributed by atoms with van der Waals surface area (Å²) in [6.07, 6.45) is -0.479. The number of aliphatic imine (C=N–C) groups is 2. The molecule has 3 heterocycles. The molecule has 3 amide bonds. The largest absolute Gasteiger partial charge is 0.342 e. The quantitative estimate of drug-likeness (QED) is 0.428. The van der Waals surface area contributed by atoms with E-state index in [1.165, 1.54) is 24.6 Å². The van der Waals surface area contributed by atoms with Crippen LogP contribution in [0.5, 0.6) is 0 Å². The van der Waals surface area contributed by atoms with Crippen molar-refractivity contribution in [2.24, 2.45) is 9.98 Å². The van der Waals surface area contributed by atoms with E-state index in [1.807, 2.05) is 0 Å². The lowest BCUT2D eigenvalue weighted by Crippen LogP contribution is -2.48. The number of alkyl halides is 3. The second kappa shape index (κ2) is 10.7. The van der Waals surface area contributed by atoms with Gasteiger partial charge in [-0.25, -0.2) is 23.1 Å². The Morgan fingerprint density at radius 3 is 2.51 bits per heavy atom. The van der Waals surface area contributed by atoms with E-state index in [-0.39, 0.29) is 30.6 Å². The molecule has 8 nitrogen and oxygen atoms in total. The van der Waals surface area contributed by atoms with Crippen molar-refractivity contribution in [2.45, 2.75) is 61.8 Å². The molecule has 0 bridgehead atoms. The minimum absolute atomic E-state index is 0.0832. The average Bonchev–Trinajstić information content (AvgIpc) is 3.29. The third kappa shape index (κ3) is 5.74. The first kappa shape index (κ1) is 26.6. The van der Waals surface area contributed by atoms with Crippen molar-refractivity contribution in [2.75, 3.05) is 6.54 Å². The molecule has 2 aromatic rings. The van der Waals surface area contributed by atoms with Crippen LogP contribution in [0.4, 0.5) is 17.6 Å². The number of pyridine rings is 1. The van der Waals surface area contributed by atoms with Crippen molar-refractivity contribution in [3.63, 3.8) is 0 Å². The van der Waals surface area contributed by atoms with Crippen molar-refractivity contribution in [1.29, 1.82) is 0 Å². The first-order valence-corrected chi connectivity index (χ1v) is 12.5. The average molecular weight is 544 g/mol. The van der Waals surface area contributed by atoms with Gasteiger partial charge in [-0.15, -0.1) is 0 Å². The van der Waals surface area contributed by atoms with Gasteiger partial charge in [-0.2, -0.15) is 4.39 Å². The maximum absolute atomic E-state index is 14.9. The Bertz CT molecular complexity index is 1330. The molecule has 1 saturated heterocycles. The van der Waals surface area contributed by atoms with Gasteiger partial charge in [-0.3, -0.25) is 19.4 Å². The van der Waals surface area contributed by atoms with Gasteiger partial charge in [0.05, 0.1) is 24.7 Å². The minimum atomic E-state index is -2.82. The van der Waals surface area contributed by atoms with Crippen molar-refractivity contribution in [1.82, 2.24) is 15.2 Å². The van der Waals surface area contributed by atoms with Crippen LogP contribution in [0.3, 0.4) is 0 Å². The Balaban J connectivity index is 1.35. The van der Waals surface area contributed by atoms with Crippen LogP contribution in [-0.2, 0) is 14.4 Å². The number of nitrogens with zero attached hydrogens (tertiary/aromatic N) is 4. The smallest absolute Gasteiger partial charge is 0.270 e. The Labute approximate surface area is 221 Å². The lowest BCUT2D eigenvalue weighted by Gasteiger charge is -2.35. The van der Waals surface area contributed by atoms with Gasteiger partial charge in [-0.1, -0.05) is 36.4 Å². The van der Waals surface area contributed by atoms with Gasteiger partial charge >= 0.3 is 0 Å². The number of benzene rings is 1. The highest BCUT2D eigenvalue weighted by atomic mass is 19.3. The maximum atomic E-state index is 14.9. The Hall–Kier alpha value is -3.96. The number of likely N-dealkylation sites (tertiary alicyclic amines) is 1. The normalized spacial score (nSPS) is 24.9. The van der Waals surface area contributed by atoms with E-state index >= 15 is 0 Å². The number of hydrogen-bond donors (Lipinski definition) is 1. The third-order valence-corrected chi connectivity index (χ3v) is 7.20. The van der Waals surface area contributed by atoms with E-state index in [1.54, 1.807) is 30.3 Å². The molecule has 0 spiro atoms. The van der Waals surface area contributed by atoms with Gasteiger partial charge in [0, 0.05) is 37.3 Å². The molecular weight excluding hydrogens is 518 g/mol. The van der Waals surface area contributed by atoms with Crippen molar-refractivity contribution >= 4 is 30.2 Å². The predicted molar refractivity (Wildman–Crippen MR) is 133 cm³/mol. The zero-order valence-corrected chi connectivity index (χ0v) is 20.6. The summed E-state index contributed by atoms with van der Waals surface area (Å²) in [5.41, 5.74) is 0.753. The number of nitrogens with one attached hydrogen (secondary N) is 1. The fraction of sp³-hybridized carbons (Fsp3) is 0.407. The van der Waals surface area contributed by atoms with E-state index in [0.717, 1.165) is 4.90 Å². The Morgan fingerprint density at radius 2 is 1.85 bits per heavy atom. The molecule has 4 atom stereocenters. The van der Waals surface area contributed by atoms with E-state index in [4.69, 9.17) is 0 Å². The molecule has 1 unspecified atom stereocenters. The van der Waals surface area contributed by atoms with Crippen LogP contribution in [-0.4, -0.2) is 70.8 Å². The molecule has 2 aliphatic heterocycles. The summed E-state index contributed by atoms with van der Waals surface area (Å²) in [5.74, 6) is -6.26. The van der Waals surface area contributed by atoms with Crippen LogP contribution in [0.2, 0.25) is 0 Å². The van der Waals surface area contributed by atoms with E-state index in [0.29, 0.717) is 5.56 Å². The van der Waals surface area contributed by atoms with Crippen molar-refractivity contribution in [3.05, 3.63) is 65.2 Å². The van der Waals surface area contributed by atoms with Gasteiger partial charge in [-0.05, 0) is 17.5 Å². The first-order valence-electron chi connectivity index (χ1n) is 12.5. The summed E-state index contributed by atoms with van der Waals surface area (Å²) >= 11 is 0. The molecule has 0 radical (unpaired) electrons. The number of carbonyl (C=O) groups excluding carboxylic acids is 3. The summed E-state index contributed by atoms with van der Waals surface area (Å²) in [5, 5.41) is 2.76. The molecule has 1 N–H and O–H groups in total. The number of rotatable bonds is 7. The van der Waals surface area contributed by atoms with E-state index in [2.05, 4.69) is 20.3 Å². The zero-order chi connectivity index (χ0) is 27.7. The summed E-state index contributed by atoms with van der Waals surface area (Å²) in [6, 6.07) is 8.24. The lowest BCUT2D eigenvalue weighted by atomic mass is 9.77. The van der Waals surface area contributed by atoms with Gasteiger partial charge < -0.3 is 10.2 Å². The molecular formula is C27H25F4N5O3. The summed E-state index contributed by atoms with van der Waals surface area (Å²) < 4.78 is 56.0. The van der Waals surface area contributed by atoms with Crippen LogP contribution in [0, 0.1) is 5.95 Å². The van der Waals surface area contributed by atoms with Gasteiger partial charge in [0.25, 0.3) is 5.91 Å². The van der Waals surface area contributed by atoms with Gasteiger partial charge in [0.15, 0.2) is 0 Å². The Kier molecular flexibility index (Phi) is 7.28. The maximum Gasteiger partial charge on any atom is 0.270 e. The van der Waals surface area contributed by atoms with E-state index in [9.17, 15) is 31.9 Å². The molecule has 1 aromatic carbocycles. The highest BCUT2D eigenvalue weighted by Crippen LogP contribution is 2.48. The number of carbonyl (C=O) groups is 3. The lowest BCUT2D eigenvalue weighted by molar-refractivity contribution is -0.139. The van der Waals surface area contributed by atoms with Crippen LogP contribution in [0.25, 0.3) is 0 Å². The second-order valence-corrected chi connectivity index (χ2v) is 9.96. The zero-order valence-electron chi connectivity index (χ0n) is 20.6. The second-order valence-electron chi connectivity index (χ2n) is 9.96. The third-order valence-electron chi connectivity index (χ3n) is 7.20. The van der Waals surface area contributed by atoms with Crippen LogP contribution in [0.1, 0.15) is 54.5 Å². The topological polar surface area (TPSA) is 104 Å². The number of halogens is 4. The number of amides is 3. The SMILES string of the molecule is O=C1N=CC=NC1CC(=O)N1C[C@H](F)C[C@H]1C(=O)N[C@@H](c1ccccc1)c1ccc(C2CC(F)(F)C2)c(F)n1. The summed E-state index contributed by atoms with van der Waals surface area (Å²) in [4.78, 5) is 50.9. The monoisotopic (exact) mass is 543 g/mol. The molecule has 5 rings (SSSR count). The summed E-state index contributed by atoms with van der Waals surface area (Å²) in [7, 11) is 0. The molecule has 3 aliphatic rings. The molecule has 2 fully saturated rings. The van der Waals surface area contributed by atoms with Crippen LogP contribution < -0.4 is 5.32 Å². The van der Waals surface area contributed by atoms with Crippen molar-refractivity contribution in [3.8, 4) is 0 Å². The number of hydrogen-bond acceptors (Lipinski definition) is 5. The highest BCUT2D eigenvalue weighted by Gasteiger charge is 2.47. The number of aromatic nitrogens is 1. The molecule has 1 saturated carbocycles. The molecule has 1 aliphatic carbocycles. The van der Waals surface area contributed by atoms with Crippen LogP contribution >= 0.6 is 0 Å². The minimum Gasteiger partial charge on any atom is -0.342 e. The highest BCUT2D eigenvalue weighted by molar-refractivity contribution is 6.21. The van der Waals surface area contributed by atoms with Crippen molar-refractivity contribution < 1.29 is 31.9 Å². The standard InChI is InChI=1S/C27H25F4N5O3/c28-17-10-21(36(14-17)22(37)11-20-25(38)33-9-8-32-20)26(39)35-23(15-4-2-1-3-5-15)19-7-6-18(24(29)34-19)16-12-27(30,31)13-16/h1-9,16-17,20-21,23H,10-14H2,(H,35,39)/t17-,20?,21+,23+/m1/s1. The van der Waals surface area contributed by atoms with Gasteiger partial charge in [0.2, 0.25) is 23.7 Å². The first-order chi connectivity index (χ1) is 18.6. The fourth-order valence-corrected chi connectivity index (χ4v) is 5.15. The summed E-state index contributed by atoms with van der Waals surface area (Å²) in [6.45, 7) is -0.325. The molecule has 1 aromatic heterocycles. The van der Waals surface area contributed by atoms with E-state index < -0.39 is 72.6 Å². The predicted octanol–water partition coefficient (Wildman–Crippen LogP) is 3.32. The molecule has 39 heavy (non-hydrogen) atoms. The van der Waals surface area contributed by atoms with Gasteiger partial charge in [0.1, 0.15) is 18.3 Å². The van der Waals surface area contributed by atoms with Crippen LogP contribution in [0.15, 0.2) is 52.4 Å². The molecule has 12 heteroatoms. The molecule has 204 valence electrons. The Morgan fingerprint density at radius 1 is 1.10 bits per heavy atom. The fourth-order valence-electron chi connectivity index (χ4n) is 5.15.